The zero-order valence-electron chi connectivity index (χ0n) is 25.5. The van der Waals surface area contributed by atoms with Crippen LogP contribution in [0.1, 0.15) is 86.1 Å². The SMILES string of the molecule is CC.CC.CCCN(CCCc1ccc(F)cc1)CC1C[C@H](NC(=O)C(C)C)CC[C@H]1NC(=O)Nc1nncs1. The predicted octanol–water partition coefficient (Wildman–Crippen LogP) is 6.51. The van der Waals surface area contributed by atoms with E-state index in [1.54, 1.807) is 5.51 Å². The first kappa shape index (κ1) is 35.4. The van der Waals surface area contributed by atoms with Crippen molar-refractivity contribution in [2.24, 2.45) is 11.8 Å². The summed E-state index contributed by atoms with van der Waals surface area (Å²) in [4.78, 5) is 27.4. The van der Waals surface area contributed by atoms with Gasteiger partial charge in [0.1, 0.15) is 11.3 Å². The van der Waals surface area contributed by atoms with Gasteiger partial charge in [0.15, 0.2) is 0 Å². The fourth-order valence-corrected chi connectivity index (χ4v) is 5.22. The van der Waals surface area contributed by atoms with Crippen LogP contribution >= 0.6 is 11.3 Å². The summed E-state index contributed by atoms with van der Waals surface area (Å²) in [7, 11) is 0. The third-order valence-electron chi connectivity index (χ3n) is 6.64. The van der Waals surface area contributed by atoms with Crippen LogP contribution in [0.15, 0.2) is 29.8 Å². The molecule has 0 radical (unpaired) electrons. The van der Waals surface area contributed by atoms with Crippen LogP contribution in [0.4, 0.5) is 14.3 Å². The van der Waals surface area contributed by atoms with E-state index in [1.807, 2.05) is 53.7 Å². The second kappa shape index (κ2) is 20.3. The number of nitrogens with one attached hydrogen (secondary N) is 3. The molecule has 2 aromatic rings. The lowest BCUT2D eigenvalue weighted by Crippen LogP contribution is -2.53. The van der Waals surface area contributed by atoms with Crippen LogP contribution in [0, 0.1) is 17.7 Å². The number of anilines is 1. The maximum Gasteiger partial charge on any atom is 0.321 e. The maximum absolute atomic E-state index is 13.2. The molecule has 1 aliphatic rings. The molecule has 10 heteroatoms. The van der Waals surface area contributed by atoms with Crippen molar-refractivity contribution in [2.75, 3.05) is 25.0 Å². The summed E-state index contributed by atoms with van der Waals surface area (Å²) in [5.74, 6) is 0.00846. The van der Waals surface area contributed by atoms with Crippen LogP contribution in [-0.4, -0.2) is 58.8 Å². The van der Waals surface area contributed by atoms with Crippen LogP contribution in [0.2, 0.25) is 0 Å². The molecular formula is C30H51FN6O2S. The summed E-state index contributed by atoms with van der Waals surface area (Å²) >= 11 is 1.28. The Bertz CT molecular complexity index is 942. The molecule has 226 valence electrons. The number of carbonyl (C=O) groups excluding carboxylic acids is 2. The van der Waals surface area contributed by atoms with Gasteiger partial charge < -0.3 is 15.5 Å². The molecular weight excluding hydrogens is 527 g/mol. The number of hydrogen-bond donors (Lipinski definition) is 3. The summed E-state index contributed by atoms with van der Waals surface area (Å²) in [6, 6.07) is 6.55. The Hall–Kier alpha value is -2.59. The number of rotatable bonds is 12. The normalized spacial score (nSPS) is 18.2. The van der Waals surface area contributed by atoms with Gasteiger partial charge >= 0.3 is 6.03 Å². The van der Waals surface area contributed by atoms with E-state index < -0.39 is 0 Å². The van der Waals surface area contributed by atoms with Gasteiger partial charge in [-0.1, -0.05) is 71.9 Å². The number of halogens is 1. The Morgan fingerprint density at radius 3 is 2.38 bits per heavy atom. The zero-order chi connectivity index (χ0) is 29.9. The first-order valence-electron chi connectivity index (χ1n) is 14.9. The quantitative estimate of drug-likeness (QED) is 0.267. The Morgan fingerprint density at radius 2 is 1.77 bits per heavy atom. The van der Waals surface area contributed by atoms with E-state index in [0.29, 0.717) is 5.13 Å². The zero-order valence-corrected chi connectivity index (χ0v) is 26.3. The Kier molecular flexibility index (Phi) is 18.0. The second-order valence-electron chi connectivity index (χ2n) is 9.91. The van der Waals surface area contributed by atoms with Crippen LogP contribution in [-0.2, 0) is 11.2 Å². The van der Waals surface area contributed by atoms with Crippen LogP contribution < -0.4 is 16.0 Å². The van der Waals surface area contributed by atoms with Crippen molar-refractivity contribution < 1.29 is 14.0 Å². The molecule has 40 heavy (non-hydrogen) atoms. The van der Waals surface area contributed by atoms with E-state index in [0.717, 1.165) is 63.7 Å². The molecule has 1 unspecified atom stereocenters. The van der Waals surface area contributed by atoms with E-state index in [2.05, 4.69) is 38.0 Å². The average molecular weight is 579 g/mol. The van der Waals surface area contributed by atoms with E-state index in [9.17, 15) is 14.0 Å². The van der Waals surface area contributed by atoms with Gasteiger partial charge in [0.05, 0.1) is 0 Å². The van der Waals surface area contributed by atoms with Gasteiger partial charge in [-0.15, -0.1) is 10.2 Å². The predicted molar refractivity (Wildman–Crippen MR) is 164 cm³/mol. The van der Waals surface area contributed by atoms with E-state index >= 15 is 0 Å². The fourth-order valence-electron chi connectivity index (χ4n) is 4.78. The van der Waals surface area contributed by atoms with Crippen LogP contribution in [0.3, 0.4) is 0 Å². The van der Waals surface area contributed by atoms with Crippen molar-refractivity contribution in [2.45, 2.75) is 99.1 Å². The minimum Gasteiger partial charge on any atom is -0.353 e. The highest BCUT2D eigenvalue weighted by atomic mass is 32.1. The lowest BCUT2D eigenvalue weighted by atomic mass is 9.80. The molecule has 0 aliphatic heterocycles. The van der Waals surface area contributed by atoms with Gasteiger partial charge in [-0.3, -0.25) is 10.1 Å². The topological polar surface area (TPSA) is 99.2 Å². The first-order valence-corrected chi connectivity index (χ1v) is 15.8. The molecule has 0 saturated heterocycles. The molecule has 1 aromatic carbocycles. The van der Waals surface area contributed by atoms with Gasteiger partial charge in [-0.25, -0.2) is 9.18 Å². The number of nitrogens with zero attached hydrogens (tertiary/aromatic N) is 3. The molecule has 0 bridgehead atoms. The molecule has 1 saturated carbocycles. The summed E-state index contributed by atoms with van der Waals surface area (Å²) in [5.41, 5.74) is 2.71. The number of carbonyl (C=O) groups is 2. The highest BCUT2D eigenvalue weighted by molar-refractivity contribution is 7.13. The molecule has 3 amide bonds. The first-order chi connectivity index (χ1) is 19.3. The largest absolute Gasteiger partial charge is 0.353 e. The van der Waals surface area contributed by atoms with E-state index in [4.69, 9.17) is 0 Å². The molecule has 3 atom stereocenters. The number of hydrogen-bond acceptors (Lipinski definition) is 6. The van der Waals surface area contributed by atoms with Gasteiger partial charge in [-0.2, -0.15) is 0 Å². The third-order valence-corrected chi connectivity index (χ3v) is 7.24. The standard InChI is InChI=1S/C26H39FN6O2S.2C2H6/c1-4-13-33(14-5-6-19-7-9-21(27)10-8-19)16-20-15-22(29-24(34)18(2)3)11-12-23(20)30-25(35)31-26-32-28-17-36-26;2*1-2/h7-10,17-18,20,22-23H,4-6,11-16H2,1-3H3,(H,29,34)(H2,30,31,32,35);2*1-2H3/t20?,22-,23-;;/m1../s1. The minimum atomic E-state index is -0.273. The lowest BCUT2D eigenvalue weighted by Gasteiger charge is -2.39. The highest BCUT2D eigenvalue weighted by Crippen LogP contribution is 2.27. The summed E-state index contributed by atoms with van der Waals surface area (Å²) in [6.07, 6.45) is 5.35. The van der Waals surface area contributed by atoms with Crippen molar-refractivity contribution in [3.63, 3.8) is 0 Å². The van der Waals surface area contributed by atoms with Gasteiger partial charge in [0.25, 0.3) is 0 Å². The third kappa shape index (κ3) is 13.2. The molecule has 1 fully saturated rings. The Balaban J connectivity index is 0.00000191. The molecule has 8 nitrogen and oxygen atoms in total. The van der Waals surface area contributed by atoms with Crippen molar-refractivity contribution in [3.8, 4) is 0 Å². The molecule has 1 heterocycles. The average Bonchev–Trinajstić information content (AvgIpc) is 3.46. The monoisotopic (exact) mass is 578 g/mol. The van der Waals surface area contributed by atoms with Gasteiger partial charge in [0, 0.05) is 24.5 Å². The van der Waals surface area contributed by atoms with Crippen LogP contribution in [0.25, 0.3) is 0 Å². The van der Waals surface area contributed by atoms with E-state index in [-0.39, 0.29) is 41.7 Å². The fraction of sp³-hybridized carbons (Fsp3) is 0.667. The number of aryl methyl sites for hydroxylation is 1. The van der Waals surface area contributed by atoms with Crippen molar-refractivity contribution in [3.05, 3.63) is 41.2 Å². The van der Waals surface area contributed by atoms with Crippen molar-refractivity contribution in [1.29, 1.82) is 0 Å². The molecule has 0 spiro atoms. The van der Waals surface area contributed by atoms with Crippen molar-refractivity contribution in [1.82, 2.24) is 25.7 Å². The van der Waals surface area contributed by atoms with Gasteiger partial charge in [0.2, 0.25) is 11.0 Å². The summed E-state index contributed by atoms with van der Waals surface area (Å²) in [6.45, 7) is 16.7. The second-order valence-corrected chi connectivity index (χ2v) is 10.7. The van der Waals surface area contributed by atoms with Gasteiger partial charge in [-0.05, 0) is 75.2 Å². The Labute approximate surface area is 244 Å². The molecule has 1 aliphatic carbocycles. The summed E-state index contributed by atoms with van der Waals surface area (Å²) < 4.78 is 13.2. The van der Waals surface area contributed by atoms with Crippen LogP contribution in [0.5, 0.6) is 0 Å². The smallest absolute Gasteiger partial charge is 0.321 e. The minimum absolute atomic E-state index is 0.00146. The lowest BCUT2D eigenvalue weighted by molar-refractivity contribution is -0.125. The molecule has 1 aromatic heterocycles. The van der Waals surface area contributed by atoms with Crippen molar-refractivity contribution >= 4 is 28.4 Å². The summed E-state index contributed by atoms with van der Waals surface area (Å²) in [5, 5.41) is 17.2. The maximum atomic E-state index is 13.2. The number of aromatic nitrogens is 2. The number of urea groups is 1. The molecule has 3 rings (SSSR count). The molecule has 3 N–H and O–H groups in total. The Morgan fingerprint density at radius 1 is 1.07 bits per heavy atom. The highest BCUT2D eigenvalue weighted by Gasteiger charge is 2.33. The number of benzene rings is 1. The number of amides is 3. The van der Waals surface area contributed by atoms with E-state index in [1.165, 1.54) is 23.5 Å².